The largest absolute Gasteiger partial charge is 0.507 e. The van der Waals surface area contributed by atoms with Crippen LogP contribution in [0.3, 0.4) is 0 Å². The third-order valence-corrected chi connectivity index (χ3v) is 2.89. The Bertz CT molecular complexity index is 591. The quantitative estimate of drug-likeness (QED) is 0.872. The molecule has 0 aliphatic heterocycles. The molecular formula is C15H15FO2. The standard InChI is InChI=1S/C15H15FO2/c1-9-6-10(2)15(14(7-9)18-3)12-5-4-11(16)8-13(12)17/h4-8,17H,1-3H3. The molecule has 3 heteroatoms. The number of ether oxygens (including phenoxy) is 1. The summed E-state index contributed by atoms with van der Waals surface area (Å²) in [4.78, 5) is 0. The first kappa shape index (κ1) is 12.4. The van der Waals surface area contributed by atoms with Gasteiger partial charge in [-0.2, -0.15) is 0 Å². The molecule has 0 spiro atoms. The molecule has 2 aromatic rings. The molecule has 0 atom stereocenters. The van der Waals surface area contributed by atoms with E-state index >= 15 is 0 Å². The van der Waals surface area contributed by atoms with Gasteiger partial charge in [0, 0.05) is 17.2 Å². The first-order chi connectivity index (χ1) is 8.52. The van der Waals surface area contributed by atoms with Crippen LogP contribution in [0, 0.1) is 19.7 Å². The van der Waals surface area contributed by atoms with Crippen LogP contribution < -0.4 is 4.74 Å². The van der Waals surface area contributed by atoms with Gasteiger partial charge in [-0.05, 0) is 43.2 Å². The van der Waals surface area contributed by atoms with Gasteiger partial charge in [-0.1, -0.05) is 6.07 Å². The lowest BCUT2D eigenvalue weighted by Crippen LogP contribution is -1.93. The Labute approximate surface area is 106 Å². The average Bonchev–Trinajstić information content (AvgIpc) is 2.29. The summed E-state index contributed by atoms with van der Waals surface area (Å²) in [5, 5.41) is 9.86. The number of aryl methyl sites for hydroxylation is 2. The van der Waals surface area contributed by atoms with Crippen molar-refractivity contribution < 1.29 is 14.2 Å². The molecule has 0 fully saturated rings. The van der Waals surface area contributed by atoms with Crippen LogP contribution >= 0.6 is 0 Å². The second kappa shape index (κ2) is 4.69. The Balaban J connectivity index is 2.70. The zero-order chi connectivity index (χ0) is 13.3. The van der Waals surface area contributed by atoms with E-state index in [9.17, 15) is 9.50 Å². The van der Waals surface area contributed by atoms with Crippen LogP contribution in [0.4, 0.5) is 4.39 Å². The molecule has 0 heterocycles. The zero-order valence-corrected chi connectivity index (χ0v) is 10.6. The number of methoxy groups -OCH3 is 1. The number of phenols is 1. The molecule has 0 aliphatic rings. The van der Waals surface area contributed by atoms with Crippen molar-refractivity contribution in [2.24, 2.45) is 0 Å². The molecule has 2 rings (SSSR count). The Morgan fingerprint density at radius 2 is 1.83 bits per heavy atom. The second-order valence-electron chi connectivity index (χ2n) is 4.32. The van der Waals surface area contributed by atoms with Gasteiger partial charge in [-0.25, -0.2) is 4.39 Å². The highest BCUT2D eigenvalue weighted by atomic mass is 19.1. The number of phenolic OH excluding ortho intramolecular Hbond substituents is 1. The van der Waals surface area contributed by atoms with Crippen molar-refractivity contribution in [3.8, 4) is 22.6 Å². The van der Waals surface area contributed by atoms with Crippen molar-refractivity contribution in [3.05, 3.63) is 47.3 Å². The maximum absolute atomic E-state index is 13.0. The van der Waals surface area contributed by atoms with E-state index in [1.165, 1.54) is 6.07 Å². The van der Waals surface area contributed by atoms with Gasteiger partial charge in [0.2, 0.25) is 0 Å². The van der Waals surface area contributed by atoms with Crippen LogP contribution in [0.15, 0.2) is 30.3 Å². The second-order valence-corrected chi connectivity index (χ2v) is 4.32. The van der Waals surface area contributed by atoms with Gasteiger partial charge in [0.05, 0.1) is 7.11 Å². The molecule has 0 bridgehead atoms. The Morgan fingerprint density at radius 1 is 1.11 bits per heavy atom. The van der Waals surface area contributed by atoms with Crippen LogP contribution in [-0.4, -0.2) is 12.2 Å². The van der Waals surface area contributed by atoms with Gasteiger partial charge in [0.1, 0.15) is 17.3 Å². The summed E-state index contributed by atoms with van der Waals surface area (Å²) in [6.45, 7) is 3.91. The summed E-state index contributed by atoms with van der Waals surface area (Å²) in [5.74, 6) is 0.134. The Kier molecular flexibility index (Phi) is 3.24. The van der Waals surface area contributed by atoms with Crippen LogP contribution in [0.1, 0.15) is 11.1 Å². The fraction of sp³-hybridized carbons (Fsp3) is 0.200. The van der Waals surface area contributed by atoms with Crippen LogP contribution in [0.2, 0.25) is 0 Å². The minimum Gasteiger partial charge on any atom is -0.507 e. The number of halogens is 1. The van der Waals surface area contributed by atoms with Crippen LogP contribution in [-0.2, 0) is 0 Å². The molecule has 1 N–H and O–H groups in total. The number of benzene rings is 2. The van der Waals surface area contributed by atoms with Gasteiger partial charge >= 0.3 is 0 Å². The van der Waals surface area contributed by atoms with E-state index in [1.807, 2.05) is 26.0 Å². The summed E-state index contributed by atoms with van der Waals surface area (Å²) in [7, 11) is 1.58. The van der Waals surface area contributed by atoms with E-state index in [0.29, 0.717) is 11.3 Å². The monoisotopic (exact) mass is 246 g/mol. The Hall–Kier alpha value is -2.03. The van der Waals surface area contributed by atoms with Crippen LogP contribution in [0.25, 0.3) is 11.1 Å². The summed E-state index contributed by atoms with van der Waals surface area (Å²) < 4.78 is 18.4. The average molecular weight is 246 g/mol. The fourth-order valence-electron chi connectivity index (χ4n) is 2.15. The summed E-state index contributed by atoms with van der Waals surface area (Å²) >= 11 is 0. The lowest BCUT2D eigenvalue weighted by atomic mass is 9.96. The van der Waals surface area contributed by atoms with Crippen molar-refractivity contribution in [2.75, 3.05) is 7.11 Å². The topological polar surface area (TPSA) is 29.5 Å². The molecular weight excluding hydrogens is 231 g/mol. The zero-order valence-electron chi connectivity index (χ0n) is 10.6. The molecule has 94 valence electrons. The molecule has 0 unspecified atom stereocenters. The minimum atomic E-state index is -0.458. The normalized spacial score (nSPS) is 10.4. The molecule has 2 nitrogen and oxygen atoms in total. The van der Waals surface area contributed by atoms with Gasteiger partial charge in [-0.15, -0.1) is 0 Å². The van der Waals surface area contributed by atoms with Crippen molar-refractivity contribution in [3.63, 3.8) is 0 Å². The lowest BCUT2D eigenvalue weighted by Gasteiger charge is -2.14. The van der Waals surface area contributed by atoms with Crippen molar-refractivity contribution in [2.45, 2.75) is 13.8 Å². The number of aromatic hydroxyl groups is 1. The van der Waals surface area contributed by atoms with Gasteiger partial charge in [-0.3, -0.25) is 0 Å². The molecule has 0 saturated carbocycles. The third-order valence-electron chi connectivity index (χ3n) is 2.89. The predicted octanol–water partition coefficient (Wildman–Crippen LogP) is 3.82. The van der Waals surface area contributed by atoms with E-state index in [4.69, 9.17) is 4.74 Å². The van der Waals surface area contributed by atoms with Crippen molar-refractivity contribution >= 4 is 0 Å². The Morgan fingerprint density at radius 3 is 2.44 bits per heavy atom. The predicted molar refractivity (Wildman–Crippen MR) is 69.5 cm³/mol. The smallest absolute Gasteiger partial charge is 0.127 e. The van der Waals surface area contributed by atoms with Gasteiger partial charge < -0.3 is 9.84 Å². The maximum Gasteiger partial charge on any atom is 0.127 e. The lowest BCUT2D eigenvalue weighted by molar-refractivity contribution is 0.415. The first-order valence-corrected chi connectivity index (χ1v) is 5.67. The summed E-state index contributed by atoms with van der Waals surface area (Å²) in [6.07, 6.45) is 0. The van der Waals surface area contributed by atoms with Gasteiger partial charge in [0.15, 0.2) is 0 Å². The SMILES string of the molecule is COc1cc(C)cc(C)c1-c1ccc(F)cc1O. The summed E-state index contributed by atoms with van der Waals surface area (Å²) in [5.41, 5.74) is 3.43. The number of rotatable bonds is 2. The number of hydrogen-bond donors (Lipinski definition) is 1. The summed E-state index contributed by atoms with van der Waals surface area (Å²) in [6, 6.07) is 7.89. The molecule has 0 aromatic heterocycles. The highest BCUT2D eigenvalue weighted by molar-refractivity contribution is 5.78. The van der Waals surface area contributed by atoms with E-state index < -0.39 is 5.82 Å². The van der Waals surface area contributed by atoms with E-state index in [1.54, 1.807) is 13.2 Å². The highest BCUT2D eigenvalue weighted by Gasteiger charge is 2.14. The molecule has 0 amide bonds. The molecule has 0 aliphatic carbocycles. The third kappa shape index (κ3) is 2.16. The van der Waals surface area contributed by atoms with Crippen LogP contribution in [0.5, 0.6) is 11.5 Å². The van der Waals surface area contributed by atoms with Crippen molar-refractivity contribution in [1.82, 2.24) is 0 Å². The van der Waals surface area contributed by atoms with E-state index in [0.717, 1.165) is 22.8 Å². The fourth-order valence-corrected chi connectivity index (χ4v) is 2.15. The van der Waals surface area contributed by atoms with E-state index in [2.05, 4.69) is 0 Å². The number of hydrogen-bond acceptors (Lipinski definition) is 2. The molecule has 2 aromatic carbocycles. The molecule has 18 heavy (non-hydrogen) atoms. The first-order valence-electron chi connectivity index (χ1n) is 5.67. The van der Waals surface area contributed by atoms with Crippen molar-refractivity contribution in [1.29, 1.82) is 0 Å². The maximum atomic E-state index is 13.0. The van der Waals surface area contributed by atoms with E-state index in [-0.39, 0.29) is 5.75 Å². The molecule has 0 saturated heterocycles. The molecule has 0 radical (unpaired) electrons. The van der Waals surface area contributed by atoms with Gasteiger partial charge in [0.25, 0.3) is 0 Å². The minimum absolute atomic E-state index is 0.0831. The highest BCUT2D eigenvalue weighted by Crippen LogP contribution is 2.39.